The van der Waals surface area contributed by atoms with Gasteiger partial charge in [0.25, 0.3) is 0 Å². The first-order valence-electron chi connectivity index (χ1n) is 7.93. The van der Waals surface area contributed by atoms with Gasteiger partial charge in [-0.25, -0.2) is 14.2 Å². The van der Waals surface area contributed by atoms with Crippen LogP contribution >= 0.6 is 0 Å². The lowest BCUT2D eigenvalue weighted by atomic mass is 10.1. The molecule has 4 rings (SSSR count). The fourth-order valence-corrected chi connectivity index (χ4v) is 3.30. The third kappa shape index (κ3) is 2.77. The Morgan fingerprint density at radius 2 is 2.04 bits per heavy atom. The first-order chi connectivity index (χ1) is 11.7. The molecule has 2 aliphatic heterocycles. The summed E-state index contributed by atoms with van der Waals surface area (Å²) in [5.41, 5.74) is 0.997. The number of fused-ring (bicyclic) bond motifs is 1. The van der Waals surface area contributed by atoms with Gasteiger partial charge in [0.05, 0.1) is 18.8 Å². The number of aromatic nitrogens is 2. The van der Waals surface area contributed by atoms with Crippen LogP contribution in [0.4, 0.5) is 15.0 Å². The zero-order valence-electron chi connectivity index (χ0n) is 13.0. The number of carbonyl (C=O) groups is 1. The van der Waals surface area contributed by atoms with E-state index in [4.69, 9.17) is 4.74 Å². The third-order valence-corrected chi connectivity index (χ3v) is 4.55. The van der Waals surface area contributed by atoms with Crippen molar-refractivity contribution in [2.24, 2.45) is 0 Å². The lowest BCUT2D eigenvalue weighted by molar-refractivity contribution is 0.136. The van der Waals surface area contributed by atoms with Crippen molar-refractivity contribution in [3.05, 3.63) is 54.2 Å². The van der Waals surface area contributed by atoms with Crippen molar-refractivity contribution in [3.63, 3.8) is 0 Å². The molecule has 0 radical (unpaired) electrons. The van der Waals surface area contributed by atoms with Crippen LogP contribution in [-0.4, -0.2) is 52.7 Å². The fourth-order valence-electron chi connectivity index (χ4n) is 3.30. The normalized spacial score (nSPS) is 22.6. The highest BCUT2D eigenvalue weighted by atomic mass is 19.1. The second kappa shape index (κ2) is 6.07. The molecule has 24 heavy (non-hydrogen) atoms. The van der Waals surface area contributed by atoms with Crippen molar-refractivity contribution < 1.29 is 13.9 Å². The van der Waals surface area contributed by atoms with Crippen LogP contribution in [0.1, 0.15) is 5.56 Å². The largest absolute Gasteiger partial charge is 0.442 e. The Labute approximate surface area is 138 Å². The molecule has 0 bridgehead atoms. The van der Waals surface area contributed by atoms with E-state index < -0.39 is 0 Å². The van der Waals surface area contributed by atoms with Crippen molar-refractivity contribution in [3.8, 4) is 0 Å². The topological polar surface area (TPSA) is 58.6 Å². The molecule has 2 atom stereocenters. The standard InChI is InChI=1S/C17H17FN4O2/c18-13-3-1-12(2-4-13)5-8-22-14-10-21(11-15(14)24-17(22)23)16-9-19-6-7-20-16/h1-4,6-7,9,14-15H,5,8,10-11H2/t14-,15+/m0/s1. The van der Waals surface area contributed by atoms with Crippen molar-refractivity contribution in [2.75, 3.05) is 24.5 Å². The Bertz CT molecular complexity index is 725. The number of hydrogen-bond donors (Lipinski definition) is 0. The average molecular weight is 328 g/mol. The summed E-state index contributed by atoms with van der Waals surface area (Å²) in [5.74, 6) is 0.538. The molecule has 2 saturated heterocycles. The summed E-state index contributed by atoms with van der Waals surface area (Å²) in [5, 5.41) is 0. The summed E-state index contributed by atoms with van der Waals surface area (Å²) in [6.45, 7) is 1.86. The molecule has 0 unspecified atom stereocenters. The summed E-state index contributed by atoms with van der Waals surface area (Å²) < 4.78 is 18.5. The minimum atomic E-state index is -0.272. The molecule has 1 aromatic heterocycles. The maximum Gasteiger partial charge on any atom is 0.410 e. The smallest absolute Gasteiger partial charge is 0.410 e. The minimum Gasteiger partial charge on any atom is -0.442 e. The van der Waals surface area contributed by atoms with Gasteiger partial charge in [-0.2, -0.15) is 0 Å². The molecule has 0 saturated carbocycles. The van der Waals surface area contributed by atoms with Crippen LogP contribution in [0, 0.1) is 5.82 Å². The molecule has 1 aromatic carbocycles. The minimum absolute atomic E-state index is 0.0138. The molecule has 7 heteroatoms. The van der Waals surface area contributed by atoms with E-state index in [0.29, 0.717) is 26.1 Å². The van der Waals surface area contributed by atoms with Gasteiger partial charge in [0.15, 0.2) is 0 Å². The quantitative estimate of drug-likeness (QED) is 0.857. The number of carbonyl (C=O) groups excluding carboxylic acids is 1. The molecule has 1 amide bonds. The van der Waals surface area contributed by atoms with E-state index in [1.807, 2.05) is 0 Å². The molecule has 6 nitrogen and oxygen atoms in total. The summed E-state index contributed by atoms with van der Waals surface area (Å²) in [4.78, 5) is 24.3. The summed E-state index contributed by atoms with van der Waals surface area (Å²) >= 11 is 0. The molecular weight excluding hydrogens is 311 g/mol. The zero-order valence-corrected chi connectivity index (χ0v) is 13.0. The van der Waals surface area contributed by atoms with Gasteiger partial charge < -0.3 is 9.64 Å². The van der Waals surface area contributed by atoms with Crippen LogP contribution in [0.3, 0.4) is 0 Å². The Hall–Kier alpha value is -2.70. The third-order valence-electron chi connectivity index (χ3n) is 4.55. The van der Waals surface area contributed by atoms with E-state index in [1.165, 1.54) is 12.1 Å². The molecule has 3 heterocycles. The van der Waals surface area contributed by atoms with E-state index >= 15 is 0 Å². The Morgan fingerprint density at radius 3 is 2.79 bits per heavy atom. The molecule has 0 aliphatic carbocycles. The highest BCUT2D eigenvalue weighted by Crippen LogP contribution is 2.29. The number of halogens is 1. The molecule has 0 N–H and O–H groups in total. The van der Waals surface area contributed by atoms with Crippen LogP contribution in [0.2, 0.25) is 0 Å². The van der Waals surface area contributed by atoms with Gasteiger partial charge in [0.2, 0.25) is 0 Å². The average Bonchev–Trinajstić information content (AvgIpc) is 3.13. The van der Waals surface area contributed by atoms with Crippen molar-refractivity contribution in [1.82, 2.24) is 14.9 Å². The number of anilines is 1. The number of benzene rings is 1. The highest BCUT2D eigenvalue weighted by molar-refractivity contribution is 5.71. The SMILES string of the molecule is O=C1O[C@@H]2CN(c3cnccn3)C[C@@H]2N1CCc1ccc(F)cc1. The van der Waals surface area contributed by atoms with Crippen molar-refractivity contribution in [2.45, 2.75) is 18.6 Å². The molecular formula is C17H17FN4O2. The predicted octanol–water partition coefficient (Wildman–Crippen LogP) is 1.87. The second-order valence-electron chi connectivity index (χ2n) is 6.03. The molecule has 2 fully saturated rings. The Morgan fingerprint density at radius 1 is 1.21 bits per heavy atom. The summed E-state index contributed by atoms with van der Waals surface area (Å²) in [6, 6.07) is 6.38. The summed E-state index contributed by atoms with van der Waals surface area (Å²) in [6.07, 6.45) is 5.26. The Balaban J connectivity index is 1.42. The molecule has 124 valence electrons. The zero-order chi connectivity index (χ0) is 16.5. The van der Waals surface area contributed by atoms with E-state index in [1.54, 1.807) is 35.6 Å². The molecule has 2 aromatic rings. The van der Waals surface area contributed by atoms with E-state index in [2.05, 4.69) is 14.9 Å². The monoisotopic (exact) mass is 328 g/mol. The number of nitrogens with zero attached hydrogens (tertiary/aromatic N) is 4. The lowest BCUT2D eigenvalue weighted by Gasteiger charge is -2.22. The van der Waals surface area contributed by atoms with Gasteiger partial charge in [-0.1, -0.05) is 12.1 Å². The van der Waals surface area contributed by atoms with E-state index in [0.717, 1.165) is 11.4 Å². The number of hydrogen-bond acceptors (Lipinski definition) is 5. The Kier molecular flexibility index (Phi) is 3.76. The first kappa shape index (κ1) is 14.9. The number of rotatable bonds is 4. The van der Waals surface area contributed by atoms with Crippen LogP contribution < -0.4 is 4.90 Å². The lowest BCUT2D eigenvalue weighted by Crippen LogP contribution is -2.39. The highest BCUT2D eigenvalue weighted by Gasteiger charge is 2.47. The molecule has 0 spiro atoms. The summed E-state index contributed by atoms with van der Waals surface area (Å²) in [7, 11) is 0. The van der Waals surface area contributed by atoms with Crippen molar-refractivity contribution >= 4 is 11.9 Å². The predicted molar refractivity (Wildman–Crippen MR) is 85.1 cm³/mol. The molecule has 2 aliphatic rings. The van der Waals surface area contributed by atoms with Gasteiger partial charge in [0.1, 0.15) is 17.7 Å². The fraction of sp³-hybridized carbons (Fsp3) is 0.353. The maximum atomic E-state index is 13.0. The van der Waals surface area contributed by atoms with Gasteiger partial charge >= 0.3 is 6.09 Å². The second-order valence-corrected chi connectivity index (χ2v) is 6.03. The van der Waals surface area contributed by atoms with E-state index in [9.17, 15) is 9.18 Å². The number of amides is 1. The van der Waals surface area contributed by atoms with E-state index in [-0.39, 0.29) is 24.1 Å². The van der Waals surface area contributed by atoms with Gasteiger partial charge in [0, 0.05) is 25.5 Å². The maximum absolute atomic E-state index is 13.0. The van der Waals surface area contributed by atoms with Gasteiger partial charge in [-0.3, -0.25) is 9.88 Å². The van der Waals surface area contributed by atoms with Gasteiger partial charge in [-0.05, 0) is 24.1 Å². The van der Waals surface area contributed by atoms with Crippen LogP contribution in [0.25, 0.3) is 0 Å². The van der Waals surface area contributed by atoms with Crippen LogP contribution in [-0.2, 0) is 11.2 Å². The van der Waals surface area contributed by atoms with Crippen molar-refractivity contribution in [1.29, 1.82) is 0 Å². The number of ether oxygens (including phenoxy) is 1. The first-order valence-corrected chi connectivity index (χ1v) is 7.93. The van der Waals surface area contributed by atoms with Gasteiger partial charge in [-0.15, -0.1) is 0 Å². The van der Waals surface area contributed by atoms with Crippen LogP contribution in [0.15, 0.2) is 42.9 Å². The van der Waals surface area contributed by atoms with Crippen LogP contribution in [0.5, 0.6) is 0 Å².